The van der Waals surface area contributed by atoms with Crippen LogP contribution in [0.2, 0.25) is 0 Å². The molecule has 0 fully saturated rings. The number of thiophene rings is 1. The van der Waals surface area contributed by atoms with E-state index in [-0.39, 0.29) is 0 Å². The first kappa shape index (κ1) is 9.29. The van der Waals surface area contributed by atoms with Crippen LogP contribution in [0.15, 0.2) is 24.5 Å². The van der Waals surface area contributed by atoms with Crippen LogP contribution >= 0.6 is 11.3 Å². The summed E-state index contributed by atoms with van der Waals surface area (Å²) in [6.45, 7) is 1.93. The smallest absolute Gasteiger partial charge is 0.179 e. The third-order valence-electron chi connectivity index (χ3n) is 2.28. The van der Waals surface area contributed by atoms with Gasteiger partial charge in [0, 0.05) is 11.8 Å². The number of hydrogen-bond acceptors (Lipinski definition) is 5. The Kier molecular flexibility index (Phi) is 1.90. The molecule has 5 nitrogen and oxygen atoms in total. The first-order valence-electron chi connectivity index (χ1n) is 4.77. The van der Waals surface area contributed by atoms with Crippen LogP contribution in [0.1, 0.15) is 5.69 Å². The van der Waals surface area contributed by atoms with Crippen LogP contribution in [0.25, 0.3) is 16.3 Å². The van der Waals surface area contributed by atoms with E-state index in [4.69, 9.17) is 5.73 Å². The summed E-state index contributed by atoms with van der Waals surface area (Å²) >= 11 is 1.49. The van der Waals surface area contributed by atoms with Gasteiger partial charge in [-0.1, -0.05) is 0 Å². The zero-order valence-corrected chi connectivity index (χ0v) is 9.40. The second-order valence-electron chi connectivity index (χ2n) is 3.48. The van der Waals surface area contributed by atoms with E-state index in [1.54, 1.807) is 6.33 Å². The summed E-state index contributed by atoms with van der Waals surface area (Å²) in [6, 6.07) is 5.70. The van der Waals surface area contributed by atoms with Crippen molar-refractivity contribution in [3.8, 4) is 10.7 Å². The fourth-order valence-corrected chi connectivity index (χ4v) is 2.29. The Hall–Kier alpha value is -1.95. The molecule has 0 aromatic carbocycles. The number of nitrogens with two attached hydrogens (primary N) is 1. The fourth-order valence-electron chi connectivity index (χ4n) is 1.53. The van der Waals surface area contributed by atoms with Crippen LogP contribution in [0.3, 0.4) is 0 Å². The third-order valence-corrected chi connectivity index (χ3v) is 3.19. The molecule has 3 heterocycles. The maximum absolute atomic E-state index is 5.70. The maximum Gasteiger partial charge on any atom is 0.179 e. The Labute approximate surface area is 95.6 Å². The van der Waals surface area contributed by atoms with Gasteiger partial charge < -0.3 is 5.73 Å². The molecular weight excluding hydrogens is 222 g/mol. The molecule has 0 aliphatic rings. The number of aryl methyl sites for hydroxylation is 1. The molecular formula is C10H9N5S. The Morgan fingerprint density at radius 1 is 1.31 bits per heavy atom. The maximum atomic E-state index is 5.70. The van der Waals surface area contributed by atoms with Crippen LogP contribution in [-0.4, -0.2) is 19.6 Å². The molecule has 0 bridgehead atoms. The lowest BCUT2D eigenvalue weighted by atomic mass is 10.4. The van der Waals surface area contributed by atoms with Crippen molar-refractivity contribution in [3.05, 3.63) is 30.2 Å². The van der Waals surface area contributed by atoms with Crippen LogP contribution in [-0.2, 0) is 0 Å². The largest absolute Gasteiger partial charge is 0.391 e. The van der Waals surface area contributed by atoms with Gasteiger partial charge >= 0.3 is 0 Å². The number of anilines is 1. The molecule has 0 radical (unpaired) electrons. The number of nitrogen functional groups attached to an aromatic ring is 1. The van der Waals surface area contributed by atoms with Crippen molar-refractivity contribution in [3.63, 3.8) is 0 Å². The molecule has 0 saturated carbocycles. The minimum Gasteiger partial charge on any atom is -0.391 e. The van der Waals surface area contributed by atoms with E-state index in [1.165, 1.54) is 11.3 Å². The van der Waals surface area contributed by atoms with E-state index in [0.717, 1.165) is 27.0 Å². The van der Waals surface area contributed by atoms with Gasteiger partial charge in [0.15, 0.2) is 11.5 Å². The van der Waals surface area contributed by atoms with Crippen molar-refractivity contribution in [1.29, 1.82) is 0 Å². The fraction of sp³-hybridized carbons (Fsp3) is 0.100. The first-order chi connectivity index (χ1) is 7.74. The van der Waals surface area contributed by atoms with E-state index in [2.05, 4.69) is 15.2 Å². The predicted molar refractivity (Wildman–Crippen MR) is 63.2 cm³/mol. The summed E-state index contributed by atoms with van der Waals surface area (Å²) in [7, 11) is 0. The highest BCUT2D eigenvalue weighted by molar-refractivity contribution is 7.19. The molecule has 6 heteroatoms. The zero-order chi connectivity index (χ0) is 11.1. The van der Waals surface area contributed by atoms with Crippen molar-refractivity contribution in [2.45, 2.75) is 6.92 Å². The highest BCUT2D eigenvalue weighted by Gasteiger charge is 2.09. The summed E-state index contributed by atoms with van der Waals surface area (Å²) in [4.78, 5) is 5.22. The van der Waals surface area contributed by atoms with E-state index in [9.17, 15) is 0 Å². The molecule has 3 aromatic heterocycles. The lowest BCUT2D eigenvalue weighted by molar-refractivity contribution is 1.05. The van der Waals surface area contributed by atoms with Gasteiger partial charge in [-0.2, -0.15) is 0 Å². The van der Waals surface area contributed by atoms with Crippen molar-refractivity contribution in [1.82, 2.24) is 19.6 Å². The standard InChI is InChI=1S/C10H9N5S/c1-6-4-9-13-14-10(15(9)5-12-6)7-2-3-8(11)16-7/h2-5H,11H2,1H3. The van der Waals surface area contributed by atoms with Gasteiger partial charge in [0.05, 0.1) is 9.88 Å². The molecule has 0 amide bonds. The average molecular weight is 231 g/mol. The quantitative estimate of drug-likeness (QED) is 0.692. The number of aromatic nitrogens is 4. The summed E-state index contributed by atoms with van der Waals surface area (Å²) in [5.74, 6) is 0.782. The van der Waals surface area contributed by atoms with Crippen molar-refractivity contribution in [2.75, 3.05) is 5.73 Å². The number of nitrogens with zero attached hydrogens (tertiary/aromatic N) is 4. The highest BCUT2D eigenvalue weighted by atomic mass is 32.1. The lowest BCUT2D eigenvalue weighted by Crippen LogP contribution is -1.91. The lowest BCUT2D eigenvalue weighted by Gasteiger charge is -1.96. The Morgan fingerprint density at radius 3 is 2.94 bits per heavy atom. The summed E-state index contributed by atoms with van der Waals surface area (Å²) in [5.41, 5.74) is 7.43. The van der Waals surface area contributed by atoms with Gasteiger partial charge in [-0.05, 0) is 19.1 Å². The highest BCUT2D eigenvalue weighted by Crippen LogP contribution is 2.28. The van der Waals surface area contributed by atoms with E-state index in [0.29, 0.717) is 0 Å². The minimum absolute atomic E-state index is 0.770. The van der Waals surface area contributed by atoms with Crippen LogP contribution in [0.5, 0.6) is 0 Å². The number of rotatable bonds is 1. The molecule has 0 aliphatic carbocycles. The minimum atomic E-state index is 0.770. The summed E-state index contributed by atoms with van der Waals surface area (Å²) < 4.78 is 1.86. The van der Waals surface area contributed by atoms with Gasteiger partial charge in [0.25, 0.3) is 0 Å². The second kappa shape index (κ2) is 3.28. The van der Waals surface area contributed by atoms with Crippen molar-refractivity contribution >= 4 is 22.0 Å². The van der Waals surface area contributed by atoms with E-state index < -0.39 is 0 Å². The molecule has 80 valence electrons. The van der Waals surface area contributed by atoms with Crippen LogP contribution in [0.4, 0.5) is 5.00 Å². The normalized spacial score (nSPS) is 11.1. The number of hydrogen-bond donors (Lipinski definition) is 1. The Bertz CT molecular complexity index is 654. The molecule has 0 spiro atoms. The molecule has 2 N–H and O–H groups in total. The first-order valence-corrected chi connectivity index (χ1v) is 5.59. The third kappa shape index (κ3) is 1.35. The molecule has 3 aromatic rings. The van der Waals surface area contributed by atoms with Gasteiger partial charge in [0.2, 0.25) is 0 Å². The van der Waals surface area contributed by atoms with Gasteiger partial charge in [-0.15, -0.1) is 21.5 Å². The average Bonchev–Trinajstić information content (AvgIpc) is 2.83. The Morgan fingerprint density at radius 2 is 2.19 bits per heavy atom. The van der Waals surface area contributed by atoms with Crippen LogP contribution < -0.4 is 5.73 Å². The van der Waals surface area contributed by atoms with Crippen LogP contribution in [0, 0.1) is 6.92 Å². The summed E-state index contributed by atoms with van der Waals surface area (Å²) in [5, 5.41) is 9.02. The van der Waals surface area contributed by atoms with Crippen molar-refractivity contribution in [2.24, 2.45) is 0 Å². The molecule has 0 saturated heterocycles. The molecule has 16 heavy (non-hydrogen) atoms. The molecule has 0 aliphatic heterocycles. The molecule has 0 atom stereocenters. The van der Waals surface area contributed by atoms with E-state index >= 15 is 0 Å². The van der Waals surface area contributed by atoms with Gasteiger partial charge in [-0.3, -0.25) is 4.40 Å². The van der Waals surface area contributed by atoms with Gasteiger partial charge in [0.1, 0.15) is 6.33 Å². The van der Waals surface area contributed by atoms with E-state index in [1.807, 2.05) is 29.5 Å². The number of fused-ring (bicyclic) bond motifs is 1. The predicted octanol–water partition coefficient (Wildman–Crippen LogP) is 1.74. The Balaban J connectivity index is 2.25. The summed E-state index contributed by atoms with van der Waals surface area (Å²) in [6.07, 6.45) is 1.73. The molecule has 3 rings (SSSR count). The zero-order valence-electron chi connectivity index (χ0n) is 8.58. The van der Waals surface area contributed by atoms with Crippen molar-refractivity contribution < 1.29 is 0 Å². The topological polar surface area (TPSA) is 69.1 Å². The van der Waals surface area contributed by atoms with Gasteiger partial charge in [-0.25, -0.2) is 4.98 Å². The second-order valence-corrected chi connectivity index (χ2v) is 4.60. The SMILES string of the molecule is Cc1cc2nnc(-c3ccc(N)s3)n2cn1. The monoisotopic (exact) mass is 231 g/mol. The molecule has 0 unspecified atom stereocenters.